The number of aryl methyl sites for hydroxylation is 2. The zero-order valence-electron chi connectivity index (χ0n) is 18.3. The van der Waals surface area contributed by atoms with Crippen LogP contribution in [0.3, 0.4) is 0 Å². The molecule has 0 saturated carbocycles. The van der Waals surface area contributed by atoms with Gasteiger partial charge in [-0.2, -0.15) is 9.40 Å². The van der Waals surface area contributed by atoms with Crippen LogP contribution in [0.4, 0.5) is 5.69 Å². The summed E-state index contributed by atoms with van der Waals surface area (Å²) in [6.07, 6.45) is 0. The molecule has 0 saturated heterocycles. The average Bonchev–Trinajstić information content (AvgIpc) is 2.93. The van der Waals surface area contributed by atoms with Gasteiger partial charge in [0.1, 0.15) is 0 Å². The van der Waals surface area contributed by atoms with Crippen molar-refractivity contribution in [1.29, 1.82) is 0 Å². The Hall–Kier alpha value is -2.38. The zero-order valence-corrected chi connectivity index (χ0v) is 19.1. The fourth-order valence-electron chi connectivity index (χ4n) is 3.92. The Kier molecular flexibility index (Phi) is 5.74. The van der Waals surface area contributed by atoms with Gasteiger partial charge in [-0.3, -0.25) is 4.68 Å². The van der Waals surface area contributed by atoms with E-state index in [-0.39, 0.29) is 5.92 Å². The number of benzene rings is 2. The van der Waals surface area contributed by atoms with E-state index in [0.29, 0.717) is 11.4 Å². The van der Waals surface area contributed by atoms with E-state index < -0.39 is 10.0 Å². The average molecular weight is 415 g/mol. The van der Waals surface area contributed by atoms with Gasteiger partial charge in [-0.15, -0.1) is 0 Å². The molecule has 7 heteroatoms. The molecule has 0 bridgehead atoms. The van der Waals surface area contributed by atoms with Crippen LogP contribution < -0.4 is 4.90 Å². The molecule has 3 rings (SSSR count). The smallest absolute Gasteiger partial charge is 0.243 e. The molecule has 0 N–H and O–H groups in total. The van der Waals surface area contributed by atoms with Gasteiger partial charge in [0.25, 0.3) is 0 Å². The highest BCUT2D eigenvalue weighted by atomic mass is 32.2. The first-order valence-electron chi connectivity index (χ1n) is 9.72. The van der Waals surface area contributed by atoms with Gasteiger partial charge in [0.2, 0.25) is 10.0 Å². The molecule has 0 aliphatic rings. The van der Waals surface area contributed by atoms with Crippen LogP contribution in [-0.4, -0.2) is 43.6 Å². The van der Waals surface area contributed by atoms with Crippen molar-refractivity contribution in [3.8, 4) is 0 Å². The van der Waals surface area contributed by atoms with Gasteiger partial charge in [0, 0.05) is 57.1 Å². The summed E-state index contributed by atoms with van der Waals surface area (Å²) < 4.78 is 29.8. The summed E-state index contributed by atoms with van der Waals surface area (Å²) in [5, 5.41) is 6.44. The third kappa shape index (κ3) is 3.89. The van der Waals surface area contributed by atoms with Crippen LogP contribution in [0.15, 0.2) is 41.3 Å². The third-order valence-electron chi connectivity index (χ3n) is 5.34. The number of sulfonamides is 1. The Morgan fingerprint density at radius 2 is 1.79 bits per heavy atom. The first-order chi connectivity index (χ1) is 13.5. The standard InChI is InChI=1S/C22H30N4O2S/c1-15(2)22-20(16(3)23-26(22)7)14-25(6)29(27,28)18-11-12-19-17(13-18)9-8-10-21(19)24(4)5/h8-13,15H,14H2,1-7H3. The molecule has 1 heterocycles. The lowest BCUT2D eigenvalue weighted by Gasteiger charge is -2.20. The van der Waals surface area contributed by atoms with E-state index in [0.717, 1.165) is 33.4 Å². The molecule has 3 aromatic rings. The summed E-state index contributed by atoms with van der Waals surface area (Å²) in [5.41, 5.74) is 3.97. The lowest BCUT2D eigenvalue weighted by Crippen LogP contribution is -2.27. The number of hydrogen-bond donors (Lipinski definition) is 0. The quantitative estimate of drug-likeness (QED) is 0.614. The molecule has 156 valence electrons. The highest BCUT2D eigenvalue weighted by Gasteiger charge is 2.25. The van der Waals surface area contributed by atoms with Crippen molar-refractivity contribution >= 4 is 26.5 Å². The van der Waals surface area contributed by atoms with Crippen LogP contribution in [0.2, 0.25) is 0 Å². The number of fused-ring (bicyclic) bond motifs is 1. The lowest BCUT2D eigenvalue weighted by atomic mass is 10.0. The molecule has 29 heavy (non-hydrogen) atoms. The SMILES string of the molecule is Cc1nn(C)c(C(C)C)c1CN(C)S(=O)(=O)c1ccc2c(N(C)C)cccc2c1. The van der Waals surface area contributed by atoms with E-state index in [1.807, 2.05) is 61.9 Å². The highest BCUT2D eigenvalue weighted by molar-refractivity contribution is 7.89. The maximum atomic E-state index is 13.3. The molecule has 0 amide bonds. The zero-order chi connectivity index (χ0) is 21.5. The summed E-state index contributed by atoms with van der Waals surface area (Å²) in [7, 11) is 3.87. The molecule has 0 spiro atoms. The fraction of sp³-hybridized carbons (Fsp3) is 0.409. The molecular weight excluding hydrogens is 384 g/mol. The second-order valence-electron chi connectivity index (χ2n) is 8.04. The van der Waals surface area contributed by atoms with Crippen molar-refractivity contribution in [1.82, 2.24) is 14.1 Å². The second-order valence-corrected chi connectivity index (χ2v) is 10.1. The Balaban J connectivity index is 1.99. The first-order valence-corrected chi connectivity index (χ1v) is 11.2. The number of nitrogens with zero attached hydrogens (tertiary/aromatic N) is 4. The molecule has 6 nitrogen and oxygen atoms in total. The van der Waals surface area contributed by atoms with E-state index in [4.69, 9.17) is 0 Å². The fourth-order valence-corrected chi connectivity index (χ4v) is 5.09. The second kappa shape index (κ2) is 7.80. The highest BCUT2D eigenvalue weighted by Crippen LogP contribution is 2.30. The molecule has 2 aromatic carbocycles. The van der Waals surface area contributed by atoms with Crippen molar-refractivity contribution in [2.45, 2.75) is 38.1 Å². The molecule has 0 radical (unpaired) electrons. The third-order valence-corrected chi connectivity index (χ3v) is 7.14. The molecular formula is C22H30N4O2S. The van der Waals surface area contributed by atoms with Crippen molar-refractivity contribution in [3.05, 3.63) is 53.3 Å². The summed E-state index contributed by atoms with van der Waals surface area (Å²) >= 11 is 0. The monoisotopic (exact) mass is 414 g/mol. The Morgan fingerprint density at radius 3 is 2.41 bits per heavy atom. The summed E-state index contributed by atoms with van der Waals surface area (Å²) in [6.45, 7) is 6.42. The summed E-state index contributed by atoms with van der Waals surface area (Å²) in [6, 6.07) is 11.3. The Bertz CT molecular complexity index is 1150. The minimum Gasteiger partial charge on any atom is -0.377 e. The van der Waals surface area contributed by atoms with Gasteiger partial charge in [-0.25, -0.2) is 8.42 Å². The van der Waals surface area contributed by atoms with Crippen LogP contribution in [-0.2, 0) is 23.6 Å². The minimum atomic E-state index is -3.63. The summed E-state index contributed by atoms with van der Waals surface area (Å²) in [4.78, 5) is 2.33. The molecule has 0 aliphatic carbocycles. The van der Waals surface area contributed by atoms with Gasteiger partial charge >= 0.3 is 0 Å². The van der Waals surface area contributed by atoms with Crippen molar-refractivity contribution in [2.24, 2.45) is 7.05 Å². The number of rotatable bonds is 6. The Morgan fingerprint density at radius 1 is 1.10 bits per heavy atom. The first kappa shape index (κ1) is 21.3. The predicted octanol–water partition coefficient (Wildman–Crippen LogP) is 3.89. The lowest BCUT2D eigenvalue weighted by molar-refractivity contribution is 0.463. The number of anilines is 1. The minimum absolute atomic E-state index is 0.262. The van der Waals surface area contributed by atoms with Crippen molar-refractivity contribution in [2.75, 3.05) is 26.0 Å². The predicted molar refractivity (Wildman–Crippen MR) is 119 cm³/mol. The molecule has 1 aromatic heterocycles. The van der Waals surface area contributed by atoms with Gasteiger partial charge in [0.15, 0.2) is 0 Å². The molecule has 0 fully saturated rings. The normalized spacial score (nSPS) is 12.3. The topological polar surface area (TPSA) is 58.4 Å². The van der Waals surface area contributed by atoms with Crippen molar-refractivity contribution in [3.63, 3.8) is 0 Å². The Labute approximate surface area is 173 Å². The van der Waals surface area contributed by atoms with Gasteiger partial charge in [0.05, 0.1) is 10.6 Å². The maximum absolute atomic E-state index is 13.3. The molecule has 0 unspecified atom stereocenters. The number of aromatic nitrogens is 2. The van der Waals surface area contributed by atoms with Crippen LogP contribution in [0.25, 0.3) is 10.8 Å². The van der Waals surface area contributed by atoms with Crippen LogP contribution >= 0.6 is 0 Å². The van der Waals surface area contributed by atoms with Crippen LogP contribution in [0.1, 0.15) is 36.7 Å². The van der Waals surface area contributed by atoms with Gasteiger partial charge < -0.3 is 4.90 Å². The maximum Gasteiger partial charge on any atom is 0.243 e. The molecule has 0 aliphatic heterocycles. The van der Waals surface area contributed by atoms with Gasteiger partial charge in [-0.05, 0) is 36.4 Å². The van der Waals surface area contributed by atoms with E-state index >= 15 is 0 Å². The summed E-state index contributed by atoms with van der Waals surface area (Å²) in [5.74, 6) is 0.262. The van der Waals surface area contributed by atoms with E-state index in [9.17, 15) is 8.42 Å². The van der Waals surface area contributed by atoms with Crippen LogP contribution in [0, 0.1) is 6.92 Å². The number of hydrogen-bond acceptors (Lipinski definition) is 4. The van der Waals surface area contributed by atoms with Crippen LogP contribution in [0.5, 0.6) is 0 Å². The van der Waals surface area contributed by atoms with Crippen molar-refractivity contribution < 1.29 is 8.42 Å². The largest absolute Gasteiger partial charge is 0.377 e. The van der Waals surface area contributed by atoms with E-state index in [2.05, 4.69) is 18.9 Å². The van der Waals surface area contributed by atoms with Gasteiger partial charge in [-0.1, -0.05) is 32.0 Å². The van der Waals surface area contributed by atoms with E-state index in [1.54, 1.807) is 19.2 Å². The van der Waals surface area contributed by atoms with E-state index in [1.165, 1.54) is 4.31 Å². The molecule has 0 atom stereocenters.